The number of amides is 1. The number of nitrogens with zero attached hydrogens (tertiary/aromatic N) is 5. The van der Waals surface area contributed by atoms with Crippen molar-refractivity contribution in [3.8, 4) is 11.4 Å². The summed E-state index contributed by atoms with van der Waals surface area (Å²) in [5.41, 5.74) is 2.17. The summed E-state index contributed by atoms with van der Waals surface area (Å²) in [7, 11) is 1.79. The lowest BCUT2D eigenvalue weighted by atomic mass is 10.2. The number of hydrogen-bond donors (Lipinski definition) is 2. The SMILES string of the molecule is Cc1cnc(Nc2ccnn2C)nc1-c1coc(C(=O)NCc2cc(F)cc(Cl)c2)n1. The van der Waals surface area contributed by atoms with E-state index in [0.29, 0.717) is 28.7 Å². The van der Waals surface area contributed by atoms with Crippen molar-refractivity contribution < 1.29 is 13.6 Å². The summed E-state index contributed by atoms with van der Waals surface area (Å²) < 4.78 is 20.4. The van der Waals surface area contributed by atoms with E-state index in [1.807, 2.05) is 6.92 Å². The van der Waals surface area contributed by atoms with Gasteiger partial charge >= 0.3 is 5.91 Å². The van der Waals surface area contributed by atoms with E-state index in [1.54, 1.807) is 36.3 Å². The Bertz CT molecular complexity index is 1230. The van der Waals surface area contributed by atoms with Gasteiger partial charge in [-0.05, 0) is 36.2 Å². The third-order valence-electron chi connectivity index (χ3n) is 4.35. The maximum atomic E-state index is 13.4. The highest BCUT2D eigenvalue weighted by molar-refractivity contribution is 6.30. The van der Waals surface area contributed by atoms with E-state index >= 15 is 0 Å². The molecule has 4 aromatic rings. The molecule has 0 spiro atoms. The highest BCUT2D eigenvalue weighted by atomic mass is 35.5. The molecule has 1 aromatic carbocycles. The molecule has 4 rings (SSSR count). The Labute approximate surface area is 181 Å². The minimum absolute atomic E-state index is 0.0688. The summed E-state index contributed by atoms with van der Waals surface area (Å²) >= 11 is 5.83. The predicted octanol–water partition coefficient (Wildman–Crippen LogP) is 3.64. The zero-order valence-electron chi connectivity index (χ0n) is 16.6. The zero-order chi connectivity index (χ0) is 22.0. The lowest BCUT2D eigenvalue weighted by molar-refractivity contribution is 0.0916. The Kier molecular flexibility index (Phi) is 5.63. The number of oxazole rings is 1. The van der Waals surface area contributed by atoms with Crippen molar-refractivity contribution in [3.05, 3.63) is 70.8 Å². The Hall–Kier alpha value is -3.79. The van der Waals surface area contributed by atoms with E-state index in [-0.39, 0.29) is 17.5 Å². The standard InChI is InChI=1S/C20H17ClFN7O2/c1-11-8-24-20(27-16-3-4-25-29(16)2)28-17(11)15-10-31-19(26-15)18(30)23-9-12-5-13(21)7-14(22)6-12/h3-8,10H,9H2,1-2H3,(H,23,30)(H,24,27,28). The van der Waals surface area contributed by atoms with E-state index in [9.17, 15) is 9.18 Å². The Morgan fingerprint density at radius 3 is 2.87 bits per heavy atom. The average molecular weight is 442 g/mol. The van der Waals surface area contributed by atoms with Gasteiger partial charge in [0, 0.05) is 30.9 Å². The second-order valence-electron chi connectivity index (χ2n) is 6.69. The number of hydrogen-bond acceptors (Lipinski definition) is 7. The molecule has 31 heavy (non-hydrogen) atoms. The molecule has 11 heteroatoms. The number of aromatic nitrogens is 5. The minimum atomic E-state index is -0.549. The molecule has 0 fully saturated rings. The van der Waals surface area contributed by atoms with Crippen molar-refractivity contribution in [1.82, 2.24) is 30.0 Å². The van der Waals surface area contributed by atoms with Crippen LogP contribution in [0.3, 0.4) is 0 Å². The summed E-state index contributed by atoms with van der Waals surface area (Å²) in [4.78, 5) is 25.3. The quantitative estimate of drug-likeness (QED) is 0.470. The van der Waals surface area contributed by atoms with Gasteiger partial charge in [0.2, 0.25) is 5.95 Å². The average Bonchev–Trinajstić information content (AvgIpc) is 3.36. The number of anilines is 2. The Morgan fingerprint density at radius 2 is 2.13 bits per heavy atom. The van der Waals surface area contributed by atoms with Gasteiger partial charge in [-0.25, -0.2) is 19.3 Å². The van der Waals surface area contributed by atoms with Gasteiger partial charge in [-0.2, -0.15) is 5.10 Å². The van der Waals surface area contributed by atoms with Gasteiger partial charge in [0.05, 0.1) is 6.20 Å². The molecule has 0 saturated carbocycles. The highest BCUT2D eigenvalue weighted by Gasteiger charge is 2.17. The van der Waals surface area contributed by atoms with Crippen LogP contribution < -0.4 is 10.6 Å². The van der Waals surface area contributed by atoms with E-state index in [4.69, 9.17) is 16.0 Å². The third kappa shape index (κ3) is 4.69. The number of halogens is 2. The highest BCUT2D eigenvalue weighted by Crippen LogP contribution is 2.22. The second kappa shape index (κ2) is 8.52. The zero-order valence-corrected chi connectivity index (χ0v) is 17.3. The van der Waals surface area contributed by atoms with Gasteiger partial charge in [0.15, 0.2) is 0 Å². The summed E-state index contributed by atoms with van der Waals surface area (Å²) in [6.07, 6.45) is 4.64. The van der Waals surface area contributed by atoms with Crippen molar-refractivity contribution in [2.24, 2.45) is 7.05 Å². The summed E-state index contributed by atoms with van der Waals surface area (Å²) in [6.45, 7) is 1.89. The van der Waals surface area contributed by atoms with Gasteiger partial charge in [0.1, 0.15) is 29.3 Å². The first-order chi connectivity index (χ1) is 14.9. The molecule has 1 amide bonds. The molecule has 0 bridgehead atoms. The molecular formula is C20H17ClFN7O2. The maximum Gasteiger partial charge on any atom is 0.307 e. The molecule has 0 unspecified atom stereocenters. The first-order valence-corrected chi connectivity index (χ1v) is 9.54. The molecule has 3 aromatic heterocycles. The molecule has 0 aliphatic heterocycles. The van der Waals surface area contributed by atoms with E-state index < -0.39 is 11.7 Å². The first-order valence-electron chi connectivity index (χ1n) is 9.17. The smallest absolute Gasteiger partial charge is 0.307 e. The van der Waals surface area contributed by atoms with Crippen molar-refractivity contribution >= 4 is 29.3 Å². The van der Waals surface area contributed by atoms with Crippen molar-refractivity contribution in [2.75, 3.05) is 5.32 Å². The van der Waals surface area contributed by atoms with E-state index in [1.165, 1.54) is 18.4 Å². The van der Waals surface area contributed by atoms with Crippen LogP contribution in [0.15, 0.2) is 47.3 Å². The van der Waals surface area contributed by atoms with Crippen molar-refractivity contribution in [1.29, 1.82) is 0 Å². The third-order valence-corrected chi connectivity index (χ3v) is 4.57. The van der Waals surface area contributed by atoms with Crippen LogP contribution in [0.4, 0.5) is 16.2 Å². The Balaban J connectivity index is 1.49. The van der Waals surface area contributed by atoms with Crippen LogP contribution in [-0.2, 0) is 13.6 Å². The Morgan fingerprint density at radius 1 is 1.29 bits per heavy atom. The fraction of sp³-hybridized carbons (Fsp3) is 0.150. The molecule has 3 heterocycles. The van der Waals surface area contributed by atoms with Crippen LogP contribution in [0, 0.1) is 12.7 Å². The molecule has 2 N–H and O–H groups in total. The number of rotatable bonds is 6. The summed E-state index contributed by atoms with van der Waals surface area (Å²) in [6, 6.07) is 5.82. The fourth-order valence-corrected chi connectivity index (χ4v) is 3.07. The first kappa shape index (κ1) is 20.5. The predicted molar refractivity (Wildman–Crippen MR) is 111 cm³/mol. The van der Waals surface area contributed by atoms with Crippen molar-refractivity contribution in [3.63, 3.8) is 0 Å². The molecule has 158 valence electrons. The van der Waals surface area contributed by atoms with Gasteiger partial charge in [-0.1, -0.05) is 11.6 Å². The van der Waals surface area contributed by atoms with Gasteiger partial charge in [-0.3, -0.25) is 9.48 Å². The number of carbonyl (C=O) groups is 1. The van der Waals surface area contributed by atoms with Crippen LogP contribution in [0.1, 0.15) is 21.8 Å². The van der Waals surface area contributed by atoms with Crippen molar-refractivity contribution in [2.45, 2.75) is 13.5 Å². The van der Waals surface area contributed by atoms with E-state index in [2.05, 4.69) is 30.7 Å². The summed E-state index contributed by atoms with van der Waals surface area (Å²) in [5, 5.41) is 10.0. The molecule has 0 aliphatic carbocycles. The molecule has 0 radical (unpaired) electrons. The minimum Gasteiger partial charge on any atom is -0.440 e. The molecule has 0 saturated heterocycles. The second-order valence-corrected chi connectivity index (χ2v) is 7.12. The number of carbonyl (C=O) groups excluding carboxylic acids is 1. The number of benzene rings is 1. The van der Waals surface area contributed by atoms with Crippen LogP contribution in [0.25, 0.3) is 11.4 Å². The van der Waals surface area contributed by atoms with Crippen LogP contribution in [0.5, 0.6) is 0 Å². The molecule has 0 aliphatic rings. The van der Waals surface area contributed by atoms with Gasteiger partial charge in [-0.15, -0.1) is 0 Å². The normalized spacial score (nSPS) is 10.8. The maximum absolute atomic E-state index is 13.4. The molecular weight excluding hydrogens is 425 g/mol. The lowest BCUT2D eigenvalue weighted by Gasteiger charge is -2.07. The molecule has 9 nitrogen and oxygen atoms in total. The van der Waals surface area contributed by atoms with Gasteiger partial charge < -0.3 is 15.1 Å². The van der Waals surface area contributed by atoms with Crippen LogP contribution in [0.2, 0.25) is 5.02 Å². The van der Waals surface area contributed by atoms with E-state index in [0.717, 1.165) is 5.56 Å². The number of nitrogens with one attached hydrogen (secondary N) is 2. The molecule has 0 atom stereocenters. The lowest BCUT2D eigenvalue weighted by Crippen LogP contribution is -2.23. The summed E-state index contributed by atoms with van der Waals surface area (Å²) in [5.74, 6) is -0.109. The van der Waals surface area contributed by atoms with Crippen LogP contribution >= 0.6 is 11.6 Å². The van der Waals surface area contributed by atoms with Gasteiger partial charge in [0.25, 0.3) is 5.89 Å². The monoisotopic (exact) mass is 441 g/mol. The van der Waals surface area contributed by atoms with Crippen LogP contribution in [-0.4, -0.2) is 30.6 Å². The topological polar surface area (TPSA) is 111 Å². The largest absolute Gasteiger partial charge is 0.440 e. The fourth-order valence-electron chi connectivity index (χ4n) is 2.83. The number of aryl methyl sites for hydroxylation is 2.